The second-order valence-corrected chi connectivity index (χ2v) is 5.92. The van der Waals surface area contributed by atoms with Crippen molar-refractivity contribution in [3.63, 3.8) is 0 Å². The van der Waals surface area contributed by atoms with Crippen LogP contribution in [0, 0.1) is 0 Å². The Labute approximate surface area is 134 Å². The second-order valence-electron chi connectivity index (χ2n) is 5.92. The van der Waals surface area contributed by atoms with E-state index in [-0.39, 0.29) is 0 Å². The van der Waals surface area contributed by atoms with Gasteiger partial charge in [-0.25, -0.2) is 4.98 Å². The SMILES string of the molecule is CCCCn1cc2c(n1)c(N)nc1cc(C3=CC=NC3)ccc12. The first-order valence-electron chi connectivity index (χ1n) is 8.02. The van der Waals surface area contributed by atoms with Gasteiger partial charge < -0.3 is 5.73 Å². The first-order valence-corrected chi connectivity index (χ1v) is 8.02. The molecule has 1 aliphatic heterocycles. The minimum Gasteiger partial charge on any atom is -0.382 e. The molecule has 2 aromatic heterocycles. The maximum atomic E-state index is 6.14. The molecular weight excluding hydrogens is 286 g/mol. The molecule has 0 bridgehead atoms. The van der Waals surface area contributed by atoms with Crippen LogP contribution in [0.1, 0.15) is 25.3 Å². The second kappa shape index (κ2) is 5.50. The highest BCUT2D eigenvalue weighted by atomic mass is 15.3. The van der Waals surface area contributed by atoms with Gasteiger partial charge in [0.15, 0.2) is 5.82 Å². The Kier molecular flexibility index (Phi) is 3.33. The monoisotopic (exact) mass is 305 g/mol. The molecule has 0 saturated heterocycles. The summed E-state index contributed by atoms with van der Waals surface area (Å²) in [6.07, 6.45) is 8.24. The predicted molar refractivity (Wildman–Crippen MR) is 95.7 cm³/mol. The van der Waals surface area contributed by atoms with Gasteiger partial charge in [0.05, 0.1) is 12.1 Å². The van der Waals surface area contributed by atoms with E-state index in [0.717, 1.165) is 53.3 Å². The molecular formula is C18H19N5. The number of aromatic nitrogens is 3. The Bertz CT molecular complexity index is 949. The molecule has 0 radical (unpaired) electrons. The van der Waals surface area contributed by atoms with Gasteiger partial charge in [0.2, 0.25) is 0 Å². The van der Waals surface area contributed by atoms with Gasteiger partial charge in [-0.2, -0.15) is 5.10 Å². The van der Waals surface area contributed by atoms with Gasteiger partial charge in [-0.15, -0.1) is 0 Å². The number of nitrogens with zero attached hydrogens (tertiary/aromatic N) is 4. The Balaban J connectivity index is 1.85. The molecule has 0 aliphatic carbocycles. The van der Waals surface area contributed by atoms with Crippen LogP contribution >= 0.6 is 0 Å². The number of allylic oxidation sites excluding steroid dienone is 1. The molecule has 0 amide bonds. The average Bonchev–Trinajstić information content (AvgIpc) is 3.22. The molecule has 3 heterocycles. The number of anilines is 1. The lowest BCUT2D eigenvalue weighted by Gasteiger charge is -2.05. The van der Waals surface area contributed by atoms with Crippen LogP contribution in [0.5, 0.6) is 0 Å². The van der Waals surface area contributed by atoms with Gasteiger partial charge in [0, 0.05) is 29.7 Å². The highest BCUT2D eigenvalue weighted by Crippen LogP contribution is 2.29. The first-order chi connectivity index (χ1) is 11.3. The standard InChI is InChI=1S/C18H19N5/c1-2-3-8-23-11-15-14-5-4-12(13-6-7-20-10-13)9-16(14)21-18(19)17(15)22-23/h4-7,9,11H,2-3,8,10H2,1H3,(H2,19,21). The number of pyridine rings is 1. The molecule has 1 aliphatic rings. The van der Waals surface area contributed by atoms with E-state index in [1.54, 1.807) is 0 Å². The van der Waals surface area contributed by atoms with Gasteiger partial charge in [-0.3, -0.25) is 9.67 Å². The van der Waals surface area contributed by atoms with Gasteiger partial charge in [0.1, 0.15) is 5.52 Å². The quantitative estimate of drug-likeness (QED) is 0.802. The lowest BCUT2D eigenvalue weighted by atomic mass is 10.0. The predicted octanol–water partition coefficient (Wildman–Crippen LogP) is 3.43. The molecule has 0 atom stereocenters. The minimum atomic E-state index is 0.497. The molecule has 1 aromatic carbocycles. The fourth-order valence-corrected chi connectivity index (χ4v) is 3.01. The van der Waals surface area contributed by atoms with Crippen molar-refractivity contribution in [3.8, 4) is 0 Å². The lowest BCUT2D eigenvalue weighted by molar-refractivity contribution is 0.577. The zero-order valence-electron chi connectivity index (χ0n) is 13.2. The third-order valence-electron chi connectivity index (χ3n) is 4.29. The van der Waals surface area contributed by atoms with Crippen LogP contribution in [0.4, 0.5) is 5.82 Å². The number of benzene rings is 1. The molecule has 116 valence electrons. The maximum Gasteiger partial charge on any atom is 0.152 e. The van der Waals surface area contributed by atoms with Gasteiger partial charge in [-0.05, 0) is 29.7 Å². The van der Waals surface area contributed by atoms with Crippen molar-refractivity contribution in [1.29, 1.82) is 0 Å². The number of fused-ring (bicyclic) bond motifs is 3. The van der Waals surface area contributed by atoms with Crippen molar-refractivity contribution in [2.75, 3.05) is 12.3 Å². The summed E-state index contributed by atoms with van der Waals surface area (Å²) in [5, 5.41) is 6.77. The zero-order chi connectivity index (χ0) is 15.8. The summed E-state index contributed by atoms with van der Waals surface area (Å²) in [5.74, 6) is 0.497. The summed E-state index contributed by atoms with van der Waals surface area (Å²) in [6.45, 7) is 3.82. The molecule has 0 fully saturated rings. The molecule has 4 rings (SSSR count). The summed E-state index contributed by atoms with van der Waals surface area (Å²) in [7, 11) is 0. The smallest absolute Gasteiger partial charge is 0.152 e. The van der Waals surface area contributed by atoms with Crippen LogP contribution in [0.2, 0.25) is 0 Å². The summed E-state index contributed by atoms with van der Waals surface area (Å²) in [5.41, 5.74) is 10.2. The third kappa shape index (κ3) is 2.38. The number of nitrogen functional groups attached to an aromatic ring is 1. The molecule has 0 spiro atoms. The van der Waals surface area contributed by atoms with Crippen LogP contribution < -0.4 is 5.73 Å². The van der Waals surface area contributed by atoms with Crippen molar-refractivity contribution in [3.05, 3.63) is 36.0 Å². The Morgan fingerprint density at radius 1 is 1.26 bits per heavy atom. The summed E-state index contributed by atoms with van der Waals surface area (Å²) in [6, 6.07) is 6.34. The van der Waals surface area contributed by atoms with Crippen molar-refractivity contribution in [2.45, 2.75) is 26.3 Å². The molecule has 5 heteroatoms. The maximum absolute atomic E-state index is 6.14. The van der Waals surface area contributed by atoms with Crippen molar-refractivity contribution in [1.82, 2.24) is 14.8 Å². The van der Waals surface area contributed by atoms with Crippen LogP contribution in [0.15, 0.2) is 35.5 Å². The number of rotatable bonds is 4. The lowest BCUT2D eigenvalue weighted by Crippen LogP contribution is -1.98. The minimum absolute atomic E-state index is 0.497. The largest absolute Gasteiger partial charge is 0.382 e. The van der Waals surface area contributed by atoms with Gasteiger partial charge in [0.25, 0.3) is 0 Å². The summed E-state index contributed by atoms with van der Waals surface area (Å²) in [4.78, 5) is 8.81. The van der Waals surface area contributed by atoms with Crippen molar-refractivity contribution >= 4 is 39.4 Å². The van der Waals surface area contributed by atoms with E-state index in [2.05, 4.69) is 46.4 Å². The number of hydrogen-bond acceptors (Lipinski definition) is 4. The molecule has 0 unspecified atom stereocenters. The van der Waals surface area contributed by atoms with Crippen LogP contribution in [0.25, 0.3) is 27.4 Å². The summed E-state index contributed by atoms with van der Waals surface area (Å²) >= 11 is 0. The number of nitrogens with two attached hydrogens (primary N) is 1. The highest BCUT2D eigenvalue weighted by molar-refractivity contribution is 6.08. The van der Waals surface area contributed by atoms with Crippen molar-refractivity contribution in [2.24, 2.45) is 4.99 Å². The normalized spacial score (nSPS) is 14.0. The van der Waals surface area contributed by atoms with E-state index in [4.69, 9.17) is 5.73 Å². The van der Waals surface area contributed by atoms with Crippen LogP contribution in [0.3, 0.4) is 0 Å². The van der Waals surface area contributed by atoms with E-state index in [1.165, 1.54) is 5.57 Å². The van der Waals surface area contributed by atoms with Crippen LogP contribution in [-0.2, 0) is 6.54 Å². The first kappa shape index (κ1) is 13.9. The molecule has 0 saturated carbocycles. The van der Waals surface area contributed by atoms with E-state index in [1.807, 2.05) is 17.0 Å². The number of unbranched alkanes of at least 4 members (excludes halogenated alkanes) is 1. The third-order valence-corrected chi connectivity index (χ3v) is 4.29. The molecule has 2 N–H and O–H groups in total. The van der Waals surface area contributed by atoms with E-state index in [0.29, 0.717) is 5.82 Å². The van der Waals surface area contributed by atoms with Gasteiger partial charge >= 0.3 is 0 Å². The van der Waals surface area contributed by atoms with E-state index in [9.17, 15) is 0 Å². The number of hydrogen-bond donors (Lipinski definition) is 1. The summed E-state index contributed by atoms with van der Waals surface area (Å²) < 4.78 is 1.98. The topological polar surface area (TPSA) is 69.1 Å². The average molecular weight is 305 g/mol. The van der Waals surface area contributed by atoms with Crippen LogP contribution in [-0.4, -0.2) is 27.5 Å². The number of aryl methyl sites for hydroxylation is 1. The van der Waals surface area contributed by atoms with Crippen molar-refractivity contribution < 1.29 is 0 Å². The fourth-order valence-electron chi connectivity index (χ4n) is 3.01. The van der Waals surface area contributed by atoms with E-state index < -0.39 is 0 Å². The number of aliphatic imine (C=N–C) groups is 1. The highest BCUT2D eigenvalue weighted by Gasteiger charge is 2.12. The Morgan fingerprint density at radius 3 is 2.96 bits per heavy atom. The molecule has 5 nitrogen and oxygen atoms in total. The Morgan fingerprint density at radius 2 is 2.17 bits per heavy atom. The fraction of sp³-hybridized carbons (Fsp3) is 0.278. The Hall–Kier alpha value is -2.69. The molecule has 3 aromatic rings. The van der Waals surface area contributed by atoms with E-state index >= 15 is 0 Å². The van der Waals surface area contributed by atoms with Gasteiger partial charge in [-0.1, -0.05) is 25.5 Å². The molecule has 23 heavy (non-hydrogen) atoms. The zero-order valence-corrected chi connectivity index (χ0v) is 13.2.